The van der Waals surface area contributed by atoms with Crippen LogP contribution in [0.5, 0.6) is 0 Å². The fourth-order valence-electron chi connectivity index (χ4n) is 3.07. The second kappa shape index (κ2) is 7.35. The van der Waals surface area contributed by atoms with Crippen LogP contribution in [0.15, 0.2) is 24.3 Å². The molecule has 1 amide bonds. The average Bonchev–Trinajstić information content (AvgIpc) is 3.23. The van der Waals surface area contributed by atoms with E-state index in [1.807, 2.05) is 4.90 Å². The van der Waals surface area contributed by atoms with Gasteiger partial charge < -0.3 is 9.80 Å². The number of rotatable bonds is 3. The standard InChI is InChI=1S/C18H17Cl2N3OS2/c1-2-11-3-4-13-14(9-11)25-18(21-13)23-7-5-22(6-8-23)17(24)12-10-15(19)26-16(12)20/h3-4,9-10H,2,5-8H2,1H3. The van der Waals surface area contributed by atoms with Crippen LogP contribution in [0.1, 0.15) is 22.8 Å². The zero-order valence-electron chi connectivity index (χ0n) is 14.2. The number of halogens is 2. The van der Waals surface area contributed by atoms with Crippen LogP contribution in [0.2, 0.25) is 8.67 Å². The van der Waals surface area contributed by atoms with Gasteiger partial charge in [0.15, 0.2) is 5.13 Å². The minimum absolute atomic E-state index is 0.0466. The lowest BCUT2D eigenvalue weighted by Crippen LogP contribution is -2.48. The van der Waals surface area contributed by atoms with Crippen LogP contribution in [0, 0.1) is 0 Å². The largest absolute Gasteiger partial charge is 0.345 e. The van der Waals surface area contributed by atoms with Gasteiger partial charge in [-0.1, -0.05) is 47.5 Å². The Morgan fingerprint density at radius 1 is 1.15 bits per heavy atom. The minimum atomic E-state index is -0.0466. The molecule has 0 atom stereocenters. The first-order valence-electron chi connectivity index (χ1n) is 8.43. The van der Waals surface area contributed by atoms with E-state index in [9.17, 15) is 4.79 Å². The Morgan fingerprint density at radius 3 is 2.58 bits per heavy atom. The molecule has 2 aromatic heterocycles. The van der Waals surface area contributed by atoms with E-state index in [1.54, 1.807) is 17.4 Å². The predicted molar refractivity (Wildman–Crippen MR) is 111 cm³/mol. The highest BCUT2D eigenvalue weighted by Crippen LogP contribution is 2.33. The van der Waals surface area contributed by atoms with Gasteiger partial charge in [0.2, 0.25) is 0 Å². The summed E-state index contributed by atoms with van der Waals surface area (Å²) in [7, 11) is 0. The molecule has 0 aliphatic carbocycles. The molecule has 3 aromatic rings. The Labute approximate surface area is 170 Å². The lowest BCUT2D eigenvalue weighted by Gasteiger charge is -2.34. The third kappa shape index (κ3) is 3.43. The molecule has 4 rings (SSSR count). The third-order valence-electron chi connectivity index (χ3n) is 4.57. The smallest absolute Gasteiger partial charge is 0.256 e. The van der Waals surface area contributed by atoms with E-state index in [2.05, 4.69) is 30.0 Å². The van der Waals surface area contributed by atoms with Crippen LogP contribution in [0.25, 0.3) is 10.2 Å². The van der Waals surface area contributed by atoms with E-state index in [-0.39, 0.29) is 5.91 Å². The SMILES string of the molecule is CCc1ccc2nc(N3CCN(C(=O)c4cc(Cl)sc4Cl)CC3)sc2c1. The van der Waals surface area contributed by atoms with Gasteiger partial charge in [0.25, 0.3) is 5.91 Å². The van der Waals surface area contributed by atoms with Gasteiger partial charge in [0.1, 0.15) is 4.34 Å². The molecule has 8 heteroatoms. The second-order valence-electron chi connectivity index (χ2n) is 6.17. The van der Waals surface area contributed by atoms with Crippen molar-refractivity contribution < 1.29 is 4.79 Å². The summed E-state index contributed by atoms with van der Waals surface area (Å²) in [4.78, 5) is 21.5. The van der Waals surface area contributed by atoms with Gasteiger partial charge in [-0.2, -0.15) is 0 Å². The molecule has 1 saturated heterocycles. The van der Waals surface area contributed by atoms with Crippen molar-refractivity contribution in [3.8, 4) is 0 Å². The maximum absolute atomic E-state index is 12.6. The number of hydrogen-bond acceptors (Lipinski definition) is 5. The molecule has 0 bridgehead atoms. The van der Waals surface area contributed by atoms with Crippen molar-refractivity contribution in [1.29, 1.82) is 0 Å². The van der Waals surface area contributed by atoms with Crippen molar-refractivity contribution in [2.24, 2.45) is 0 Å². The zero-order valence-corrected chi connectivity index (χ0v) is 17.3. The maximum Gasteiger partial charge on any atom is 0.256 e. The van der Waals surface area contributed by atoms with E-state index in [1.165, 1.54) is 21.6 Å². The molecule has 1 fully saturated rings. The molecule has 1 aromatic carbocycles. The van der Waals surface area contributed by atoms with Gasteiger partial charge in [-0.05, 0) is 30.2 Å². The summed E-state index contributed by atoms with van der Waals surface area (Å²) in [5.74, 6) is -0.0466. The fraction of sp³-hybridized carbons (Fsp3) is 0.333. The third-order valence-corrected chi connectivity index (χ3v) is 7.14. The number of thiophene rings is 1. The molecule has 4 nitrogen and oxygen atoms in total. The monoisotopic (exact) mass is 425 g/mol. The van der Waals surface area contributed by atoms with E-state index < -0.39 is 0 Å². The number of aromatic nitrogens is 1. The normalized spacial score (nSPS) is 15.0. The lowest BCUT2D eigenvalue weighted by atomic mass is 10.2. The summed E-state index contributed by atoms with van der Waals surface area (Å²) >= 11 is 15.0. The molecular formula is C18H17Cl2N3OS2. The maximum atomic E-state index is 12.6. The van der Waals surface area contributed by atoms with Crippen molar-refractivity contribution in [2.45, 2.75) is 13.3 Å². The first kappa shape index (κ1) is 18.0. The molecule has 3 heterocycles. The van der Waals surface area contributed by atoms with E-state index >= 15 is 0 Å². The van der Waals surface area contributed by atoms with Gasteiger partial charge in [0.05, 0.1) is 20.1 Å². The van der Waals surface area contributed by atoms with Crippen LogP contribution in [0.3, 0.4) is 0 Å². The van der Waals surface area contributed by atoms with Gasteiger partial charge in [0, 0.05) is 26.2 Å². The summed E-state index contributed by atoms with van der Waals surface area (Å²) in [5.41, 5.74) is 2.87. The summed E-state index contributed by atoms with van der Waals surface area (Å²) in [6.07, 6.45) is 1.03. The number of fused-ring (bicyclic) bond motifs is 1. The lowest BCUT2D eigenvalue weighted by molar-refractivity contribution is 0.0747. The summed E-state index contributed by atoms with van der Waals surface area (Å²) in [6, 6.07) is 8.11. The molecular weight excluding hydrogens is 409 g/mol. The van der Waals surface area contributed by atoms with Crippen molar-refractivity contribution in [2.75, 3.05) is 31.1 Å². The predicted octanol–water partition coefficient (Wildman–Crippen LogP) is 5.19. The zero-order chi connectivity index (χ0) is 18.3. The van der Waals surface area contributed by atoms with Crippen molar-refractivity contribution in [3.63, 3.8) is 0 Å². The Balaban J connectivity index is 1.46. The number of carbonyl (C=O) groups excluding carboxylic acids is 1. The molecule has 1 aliphatic heterocycles. The van der Waals surface area contributed by atoms with Crippen molar-refractivity contribution in [1.82, 2.24) is 9.88 Å². The van der Waals surface area contributed by atoms with E-state index in [0.29, 0.717) is 27.3 Å². The van der Waals surface area contributed by atoms with Crippen LogP contribution in [-0.2, 0) is 6.42 Å². The fourth-order valence-corrected chi connectivity index (χ4v) is 5.60. The Morgan fingerprint density at radius 2 is 1.92 bits per heavy atom. The molecule has 0 unspecified atom stereocenters. The number of benzene rings is 1. The summed E-state index contributed by atoms with van der Waals surface area (Å²) in [5, 5.41) is 1.02. The van der Waals surface area contributed by atoms with Gasteiger partial charge >= 0.3 is 0 Å². The second-order valence-corrected chi connectivity index (χ2v) is 9.46. The van der Waals surface area contributed by atoms with Crippen LogP contribution >= 0.6 is 45.9 Å². The van der Waals surface area contributed by atoms with Gasteiger partial charge in [-0.15, -0.1) is 11.3 Å². The number of hydrogen-bond donors (Lipinski definition) is 0. The number of nitrogens with zero attached hydrogens (tertiary/aromatic N) is 3. The summed E-state index contributed by atoms with van der Waals surface area (Å²) in [6.45, 7) is 4.99. The molecule has 1 aliphatic rings. The first-order valence-corrected chi connectivity index (χ1v) is 10.8. The highest BCUT2D eigenvalue weighted by molar-refractivity contribution is 7.22. The number of amides is 1. The molecule has 0 radical (unpaired) electrons. The topological polar surface area (TPSA) is 36.4 Å². The van der Waals surface area contributed by atoms with Crippen LogP contribution in [0.4, 0.5) is 5.13 Å². The van der Waals surface area contributed by atoms with Crippen molar-refractivity contribution in [3.05, 3.63) is 44.1 Å². The Hall–Kier alpha value is -1.34. The average molecular weight is 426 g/mol. The molecule has 0 N–H and O–H groups in total. The Kier molecular flexibility index (Phi) is 5.10. The van der Waals surface area contributed by atoms with E-state index in [0.717, 1.165) is 30.2 Å². The number of piperazine rings is 1. The van der Waals surface area contributed by atoms with Gasteiger partial charge in [-0.3, -0.25) is 4.79 Å². The number of anilines is 1. The van der Waals surface area contributed by atoms with Crippen LogP contribution < -0.4 is 4.90 Å². The quantitative estimate of drug-likeness (QED) is 0.579. The molecule has 0 saturated carbocycles. The first-order chi connectivity index (χ1) is 12.5. The molecule has 26 heavy (non-hydrogen) atoms. The Bertz CT molecular complexity index is 961. The highest BCUT2D eigenvalue weighted by atomic mass is 35.5. The number of aryl methyl sites for hydroxylation is 1. The molecule has 136 valence electrons. The number of carbonyl (C=O) groups is 1. The van der Waals surface area contributed by atoms with Crippen LogP contribution in [-0.4, -0.2) is 42.0 Å². The number of thiazole rings is 1. The van der Waals surface area contributed by atoms with Crippen molar-refractivity contribution >= 4 is 67.1 Å². The molecule has 0 spiro atoms. The summed E-state index contributed by atoms with van der Waals surface area (Å²) < 4.78 is 2.22. The van der Waals surface area contributed by atoms with Gasteiger partial charge in [-0.25, -0.2) is 4.98 Å². The van der Waals surface area contributed by atoms with E-state index in [4.69, 9.17) is 28.2 Å². The minimum Gasteiger partial charge on any atom is -0.345 e. The highest BCUT2D eigenvalue weighted by Gasteiger charge is 2.26.